The maximum Gasteiger partial charge on any atom is 0.282 e. The van der Waals surface area contributed by atoms with Crippen molar-refractivity contribution in [1.29, 1.82) is 0 Å². The predicted molar refractivity (Wildman–Crippen MR) is 119 cm³/mol. The standard InChI is InChI=1S/C26H22N2O2/c1-18-9-7-14-21(17-18)28-25(29)23(20-11-3-2-4-12-20)24(26(28)30)27-16-8-13-19-10-5-6-15-22(19)27/h2-7,9-12,14-15,17H,8,13,16H2,1H3. The third-order valence-corrected chi connectivity index (χ3v) is 5.76. The molecule has 0 aromatic heterocycles. The van der Waals surface area contributed by atoms with Gasteiger partial charge < -0.3 is 4.90 Å². The Morgan fingerprint density at radius 2 is 1.57 bits per heavy atom. The molecule has 0 bridgehead atoms. The molecule has 0 unspecified atom stereocenters. The summed E-state index contributed by atoms with van der Waals surface area (Å²) in [6.07, 6.45) is 1.92. The first-order valence-electron chi connectivity index (χ1n) is 10.3. The summed E-state index contributed by atoms with van der Waals surface area (Å²) < 4.78 is 0. The van der Waals surface area contributed by atoms with E-state index in [1.807, 2.05) is 84.6 Å². The average molecular weight is 394 g/mol. The third-order valence-electron chi connectivity index (χ3n) is 5.76. The van der Waals surface area contributed by atoms with Crippen molar-refractivity contribution in [2.75, 3.05) is 16.3 Å². The van der Waals surface area contributed by atoms with Crippen molar-refractivity contribution in [2.24, 2.45) is 0 Å². The molecule has 4 heteroatoms. The summed E-state index contributed by atoms with van der Waals surface area (Å²) in [7, 11) is 0. The number of imide groups is 1. The van der Waals surface area contributed by atoms with Crippen LogP contribution in [0.4, 0.5) is 11.4 Å². The van der Waals surface area contributed by atoms with E-state index in [2.05, 4.69) is 6.07 Å². The third kappa shape index (κ3) is 2.92. The largest absolute Gasteiger partial charge is 0.336 e. The number of rotatable bonds is 3. The van der Waals surface area contributed by atoms with Crippen LogP contribution in [0.3, 0.4) is 0 Å². The highest BCUT2D eigenvalue weighted by Gasteiger charge is 2.43. The van der Waals surface area contributed by atoms with Crippen LogP contribution in [0.5, 0.6) is 0 Å². The van der Waals surface area contributed by atoms with E-state index >= 15 is 0 Å². The number of nitrogens with zero attached hydrogens (tertiary/aromatic N) is 2. The molecule has 0 radical (unpaired) electrons. The molecule has 0 saturated carbocycles. The number of para-hydroxylation sites is 1. The molecule has 0 saturated heterocycles. The fraction of sp³-hybridized carbons (Fsp3) is 0.154. The number of hydrogen-bond donors (Lipinski definition) is 0. The van der Waals surface area contributed by atoms with Gasteiger partial charge in [0.1, 0.15) is 5.70 Å². The van der Waals surface area contributed by atoms with Crippen molar-refractivity contribution < 1.29 is 9.59 Å². The van der Waals surface area contributed by atoms with Crippen LogP contribution in [0.25, 0.3) is 5.57 Å². The molecule has 0 atom stereocenters. The lowest BCUT2D eigenvalue weighted by Crippen LogP contribution is -2.37. The molecule has 148 valence electrons. The highest BCUT2D eigenvalue weighted by Crippen LogP contribution is 2.39. The van der Waals surface area contributed by atoms with Crippen molar-refractivity contribution in [3.8, 4) is 0 Å². The molecule has 2 aliphatic rings. The topological polar surface area (TPSA) is 40.6 Å². The van der Waals surface area contributed by atoms with Crippen LogP contribution in [-0.4, -0.2) is 18.4 Å². The fourth-order valence-corrected chi connectivity index (χ4v) is 4.40. The summed E-state index contributed by atoms with van der Waals surface area (Å²) in [6.45, 7) is 2.67. The smallest absolute Gasteiger partial charge is 0.282 e. The van der Waals surface area contributed by atoms with E-state index in [9.17, 15) is 9.59 Å². The van der Waals surface area contributed by atoms with Gasteiger partial charge in [0.05, 0.1) is 11.3 Å². The molecule has 4 nitrogen and oxygen atoms in total. The first-order valence-corrected chi connectivity index (χ1v) is 10.3. The monoisotopic (exact) mass is 394 g/mol. The van der Waals surface area contributed by atoms with Crippen molar-refractivity contribution in [3.63, 3.8) is 0 Å². The Hall–Kier alpha value is -3.66. The molecule has 5 rings (SSSR count). The highest BCUT2D eigenvalue weighted by molar-refractivity contribution is 6.46. The Labute approximate surface area is 176 Å². The normalized spacial score (nSPS) is 16.3. The highest BCUT2D eigenvalue weighted by atomic mass is 16.2. The van der Waals surface area contributed by atoms with Gasteiger partial charge in [-0.05, 0) is 54.7 Å². The van der Waals surface area contributed by atoms with E-state index in [0.717, 1.165) is 29.7 Å². The molecule has 0 fully saturated rings. The number of fused-ring (bicyclic) bond motifs is 1. The van der Waals surface area contributed by atoms with Gasteiger partial charge in [0.15, 0.2) is 0 Å². The summed E-state index contributed by atoms with van der Waals surface area (Å²) in [6, 6.07) is 25.2. The van der Waals surface area contributed by atoms with Crippen molar-refractivity contribution in [1.82, 2.24) is 0 Å². The van der Waals surface area contributed by atoms with Gasteiger partial charge in [-0.25, -0.2) is 4.90 Å². The second-order valence-corrected chi connectivity index (χ2v) is 7.76. The number of benzene rings is 3. The molecular weight excluding hydrogens is 372 g/mol. The lowest BCUT2D eigenvalue weighted by molar-refractivity contribution is -0.120. The lowest BCUT2D eigenvalue weighted by Gasteiger charge is -2.32. The van der Waals surface area contributed by atoms with E-state index in [4.69, 9.17) is 0 Å². The van der Waals surface area contributed by atoms with Crippen LogP contribution in [-0.2, 0) is 16.0 Å². The van der Waals surface area contributed by atoms with Crippen LogP contribution in [0.2, 0.25) is 0 Å². The SMILES string of the molecule is Cc1cccc(N2C(=O)C(c3ccccc3)=C(N3CCCc4ccccc43)C2=O)c1. The zero-order valence-corrected chi connectivity index (χ0v) is 16.8. The van der Waals surface area contributed by atoms with Crippen LogP contribution >= 0.6 is 0 Å². The van der Waals surface area contributed by atoms with Gasteiger partial charge >= 0.3 is 0 Å². The van der Waals surface area contributed by atoms with Crippen molar-refractivity contribution in [3.05, 3.63) is 101 Å². The molecule has 3 aromatic rings. The van der Waals surface area contributed by atoms with E-state index in [0.29, 0.717) is 23.5 Å². The summed E-state index contributed by atoms with van der Waals surface area (Å²) in [4.78, 5) is 30.7. The van der Waals surface area contributed by atoms with Gasteiger partial charge in [-0.3, -0.25) is 9.59 Å². The second-order valence-electron chi connectivity index (χ2n) is 7.76. The Morgan fingerprint density at radius 3 is 2.37 bits per heavy atom. The Balaban J connectivity index is 1.70. The Morgan fingerprint density at radius 1 is 0.800 bits per heavy atom. The van der Waals surface area contributed by atoms with E-state index in [-0.39, 0.29) is 11.8 Å². The molecule has 2 aliphatic heterocycles. The summed E-state index contributed by atoms with van der Waals surface area (Å²) >= 11 is 0. The zero-order chi connectivity index (χ0) is 20.7. The molecule has 30 heavy (non-hydrogen) atoms. The predicted octanol–water partition coefficient (Wildman–Crippen LogP) is 4.73. The molecule has 0 aliphatic carbocycles. The van der Waals surface area contributed by atoms with Gasteiger partial charge in [0.2, 0.25) is 0 Å². The van der Waals surface area contributed by atoms with Crippen molar-refractivity contribution >= 4 is 28.8 Å². The minimum atomic E-state index is -0.269. The molecule has 0 spiro atoms. The Bertz CT molecular complexity index is 1180. The van der Waals surface area contributed by atoms with Gasteiger partial charge in [-0.15, -0.1) is 0 Å². The fourth-order valence-electron chi connectivity index (χ4n) is 4.40. The maximum atomic E-state index is 13.7. The van der Waals surface area contributed by atoms with E-state index in [1.165, 1.54) is 10.5 Å². The summed E-state index contributed by atoms with van der Waals surface area (Å²) in [5.41, 5.74) is 5.55. The molecule has 0 N–H and O–H groups in total. The number of amides is 2. The number of carbonyl (C=O) groups excluding carboxylic acids is 2. The molecular formula is C26H22N2O2. The quantitative estimate of drug-likeness (QED) is 0.603. The van der Waals surface area contributed by atoms with Gasteiger partial charge in [-0.1, -0.05) is 60.7 Å². The first-order chi connectivity index (χ1) is 14.6. The Kier molecular flexibility index (Phi) is 4.47. The second kappa shape index (κ2) is 7.30. The zero-order valence-electron chi connectivity index (χ0n) is 16.8. The number of hydrogen-bond acceptors (Lipinski definition) is 3. The van der Waals surface area contributed by atoms with Crippen LogP contribution in [0.15, 0.2) is 84.6 Å². The van der Waals surface area contributed by atoms with Gasteiger partial charge in [-0.2, -0.15) is 0 Å². The average Bonchev–Trinajstić information content (AvgIpc) is 3.04. The van der Waals surface area contributed by atoms with E-state index < -0.39 is 0 Å². The first kappa shape index (κ1) is 18.4. The van der Waals surface area contributed by atoms with Gasteiger partial charge in [0, 0.05) is 12.2 Å². The number of carbonyl (C=O) groups is 2. The number of anilines is 2. The maximum absolute atomic E-state index is 13.7. The summed E-state index contributed by atoms with van der Waals surface area (Å²) in [5, 5.41) is 0. The molecule has 2 heterocycles. The molecule has 2 amide bonds. The minimum Gasteiger partial charge on any atom is -0.336 e. The minimum absolute atomic E-state index is 0.263. The van der Waals surface area contributed by atoms with Crippen LogP contribution in [0.1, 0.15) is 23.1 Å². The van der Waals surface area contributed by atoms with Crippen LogP contribution < -0.4 is 9.80 Å². The molecule has 3 aromatic carbocycles. The van der Waals surface area contributed by atoms with Crippen LogP contribution in [0, 0.1) is 6.92 Å². The number of aryl methyl sites for hydroxylation is 2. The lowest BCUT2D eigenvalue weighted by atomic mass is 9.98. The van der Waals surface area contributed by atoms with Gasteiger partial charge in [0.25, 0.3) is 11.8 Å². The summed E-state index contributed by atoms with van der Waals surface area (Å²) in [5.74, 6) is -0.531. The van der Waals surface area contributed by atoms with Crippen molar-refractivity contribution in [2.45, 2.75) is 19.8 Å². The van der Waals surface area contributed by atoms with E-state index in [1.54, 1.807) is 0 Å².